The number of urea groups is 1. The summed E-state index contributed by atoms with van der Waals surface area (Å²) in [4.78, 5) is 48.0. The maximum atomic E-state index is 14.5. The standard InChI is InChI=1S/C28H29FN4O6.CH2O/c1-30-16-18-6-4-7-20(15-21(18)29)33(3)28(39)32(2)19-12-10-17(11-13-19)14-22(27(37)38)31-26(36)25-23(34)8-5-9-24(25)35;1-2/h4-5,7-13,15,22,30,34-35H,14,16H2,1-3H3,(H,31,36)(H,37,38);1H2. The average Bonchev–Trinajstić information content (AvgIpc) is 3.14. The van der Waals surface area contributed by atoms with Gasteiger partial charge in [0.05, 0.1) is 0 Å². The number of carboxylic acids is 1. The molecule has 3 amide bonds. The maximum Gasteiger partial charge on any atom is 0.328 e. The number of anilines is 1. The molecule has 0 saturated carbocycles. The molecule has 11 nitrogen and oxygen atoms in total. The number of hydrogen-bond acceptors (Lipinski definition) is 7. The fourth-order valence-electron chi connectivity index (χ4n) is 3.81. The second-order valence-corrected chi connectivity index (χ2v) is 8.71. The van der Waals surface area contributed by atoms with E-state index >= 15 is 0 Å². The number of halogens is 1. The predicted molar refractivity (Wildman–Crippen MR) is 150 cm³/mol. The summed E-state index contributed by atoms with van der Waals surface area (Å²) in [5.74, 6) is -3.72. The zero-order valence-electron chi connectivity index (χ0n) is 22.7. The third kappa shape index (κ3) is 8.15. The van der Waals surface area contributed by atoms with E-state index in [2.05, 4.69) is 16.4 Å². The summed E-state index contributed by atoms with van der Waals surface area (Å²) in [5.41, 5.74) is 4.12. The van der Waals surface area contributed by atoms with E-state index in [0.29, 0.717) is 22.5 Å². The fraction of sp³-hybridized carbons (Fsp3) is 0.207. The molecular weight excluding hydrogens is 535 g/mol. The molecule has 0 fully saturated rings. The van der Waals surface area contributed by atoms with Crippen LogP contribution in [0.4, 0.5) is 14.9 Å². The molecule has 3 rings (SSSR count). The first kappa shape index (κ1) is 32.0. The van der Waals surface area contributed by atoms with Gasteiger partial charge in [-0.15, -0.1) is 5.73 Å². The number of nitrogens with one attached hydrogen (secondary N) is 2. The molecule has 1 aliphatic carbocycles. The lowest BCUT2D eigenvalue weighted by Crippen LogP contribution is -2.42. The van der Waals surface area contributed by atoms with Gasteiger partial charge in [-0.1, -0.05) is 18.2 Å². The first-order valence-electron chi connectivity index (χ1n) is 12.1. The Morgan fingerprint density at radius 1 is 1.02 bits per heavy atom. The molecule has 41 heavy (non-hydrogen) atoms. The molecule has 0 radical (unpaired) electrons. The Kier molecular flexibility index (Phi) is 11.6. The highest BCUT2D eigenvalue weighted by Gasteiger charge is 2.25. The summed E-state index contributed by atoms with van der Waals surface area (Å²) >= 11 is 0. The number of carbonyl (C=O) groups excluding carboxylic acids is 3. The van der Waals surface area contributed by atoms with Crippen LogP contribution in [0.15, 0.2) is 83.5 Å². The van der Waals surface area contributed by atoms with Crippen LogP contribution in [-0.4, -0.2) is 78.6 Å². The van der Waals surface area contributed by atoms with Crippen LogP contribution in [0.3, 0.4) is 0 Å². The van der Waals surface area contributed by atoms with E-state index in [1.807, 2.05) is 6.79 Å². The van der Waals surface area contributed by atoms with Crippen molar-refractivity contribution in [3.05, 3.63) is 94.6 Å². The molecule has 2 aromatic rings. The maximum absolute atomic E-state index is 14.5. The molecule has 0 saturated heterocycles. The number of carboxylic acid groups (broad SMARTS) is 1. The molecule has 0 aromatic heterocycles. The number of carbonyl (C=O) groups is 4. The number of rotatable bonds is 9. The van der Waals surface area contributed by atoms with Gasteiger partial charge in [0.25, 0.3) is 5.91 Å². The SMILES string of the molecule is C=O.CNCC1=C=CC=C(N(C)C(=O)N(C)c2ccc(CC(NC(=O)c3c(O)cccc3O)C(=O)O)cc2)C=C1F. The topological polar surface area (TPSA) is 160 Å². The Morgan fingerprint density at radius 3 is 2.20 bits per heavy atom. The molecule has 1 atom stereocenters. The highest BCUT2D eigenvalue weighted by molar-refractivity contribution is 6.01. The van der Waals surface area contributed by atoms with Crippen molar-refractivity contribution in [2.45, 2.75) is 12.5 Å². The summed E-state index contributed by atoms with van der Waals surface area (Å²) in [6, 6.07) is 8.39. The Balaban J connectivity index is 0.00000287. The predicted octanol–water partition coefficient (Wildman–Crippen LogP) is 2.88. The molecule has 5 N–H and O–H groups in total. The van der Waals surface area contributed by atoms with Crippen molar-refractivity contribution in [2.24, 2.45) is 0 Å². The van der Waals surface area contributed by atoms with Gasteiger partial charge in [-0.05, 0) is 55.1 Å². The van der Waals surface area contributed by atoms with E-state index < -0.39 is 46.8 Å². The van der Waals surface area contributed by atoms with Crippen molar-refractivity contribution in [3.63, 3.8) is 0 Å². The van der Waals surface area contributed by atoms with Crippen molar-refractivity contribution >= 4 is 30.4 Å². The van der Waals surface area contributed by atoms with E-state index in [-0.39, 0.29) is 13.0 Å². The van der Waals surface area contributed by atoms with Crippen LogP contribution in [0.25, 0.3) is 0 Å². The minimum Gasteiger partial charge on any atom is -0.507 e. The van der Waals surface area contributed by atoms with E-state index in [4.69, 9.17) is 4.79 Å². The number of benzene rings is 2. The third-order valence-electron chi connectivity index (χ3n) is 6.00. The monoisotopic (exact) mass is 566 g/mol. The summed E-state index contributed by atoms with van der Waals surface area (Å²) in [6.45, 7) is 2.29. The van der Waals surface area contributed by atoms with Gasteiger partial charge in [0, 0.05) is 44.0 Å². The number of hydrogen-bond donors (Lipinski definition) is 5. The Morgan fingerprint density at radius 2 is 1.63 bits per heavy atom. The van der Waals surface area contributed by atoms with E-state index in [1.165, 1.54) is 41.1 Å². The van der Waals surface area contributed by atoms with Crippen LogP contribution >= 0.6 is 0 Å². The zero-order valence-corrected chi connectivity index (χ0v) is 22.7. The molecule has 0 heterocycles. The van der Waals surface area contributed by atoms with E-state index in [0.717, 1.165) is 0 Å². The van der Waals surface area contributed by atoms with Crippen molar-refractivity contribution < 1.29 is 38.9 Å². The molecule has 0 aliphatic heterocycles. The smallest absolute Gasteiger partial charge is 0.328 e. The van der Waals surface area contributed by atoms with Crippen LogP contribution < -0.4 is 15.5 Å². The van der Waals surface area contributed by atoms with Gasteiger partial charge in [0.15, 0.2) is 0 Å². The number of nitrogens with zero attached hydrogens (tertiary/aromatic N) is 2. The lowest BCUT2D eigenvalue weighted by atomic mass is 10.0. The minimum absolute atomic E-state index is 0.0987. The van der Waals surface area contributed by atoms with Crippen molar-refractivity contribution in [3.8, 4) is 11.5 Å². The number of phenols is 2. The number of phenolic OH excluding ortho intramolecular Hbond substituents is 2. The number of aliphatic carboxylic acids is 1. The van der Waals surface area contributed by atoms with E-state index in [1.54, 1.807) is 50.5 Å². The Labute approximate surface area is 236 Å². The van der Waals surface area contributed by atoms with Gasteiger partial charge in [0.1, 0.15) is 35.7 Å². The lowest BCUT2D eigenvalue weighted by molar-refractivity contribution is -0.139. The summed E-state index contributed by atoms with van der Waals surface area (Å²) in [5, 5.41) is 34.5. The zero-order chi connectivity index (χ0) is 30.7. The molecule has 2 aromatic carbocycles. The van der Waals surface area contributed by atoms with Gasteiger partial charge in [-0.25, -0.2) is 14.0 Å². The largest absolute Gasteiger partial charge is 0.507 e. The van der Waals surface area contributed by atoms with Gasteiger partial charge < -0.3 is 30.7 Å². The highest BCUT2D eigenvalue weighted by Crippen LogP contribution is 2.26. The lowest BCUT2D eigenvalue weighted by Gasteiger charge is -2.26. The quantitative estimate of drug-likeness (QED) is 0.290. The summed E-state index contributed by atoms with van der Waals surface area (Å²) < 4.78 is 14.5. The number of aromatic hydroxyl groups is 2. The van der Waals surface area contributed by atoms with Crippen LogP contribution in [0.2, 0.25) is 0 Å². The average molecular weight is 567 g/mol. The summed E-state index contributed by atoms with van der Waals surface area (Å²) in [7, 11) is 4.75. The van der Waals surface area contributed by atoms with Gasteiger partial charge in [-0.2, -0.15) is 0 Å². The molecular formula is C29H31FN4O7. The van der Waals surface area contributed by atoms with Crippen molar-refractivity contribution in [2.75, 3.05) is 32.6 Å². The van der Waals surface area contributed by atoms with Gasteiger partial charge in [-0.3, -0.25) is 14.6 Å². The van der Waals surface area contributed by atoms with Crippen molar-refractivity contribution in [1.29, 1.82) is 0 Å². The molecule has 0 spiro atoms. The molecule has 1 aliphatic rings. The normalized spacial score (nSPS) is 12.8. The number of amides is 3. The molecule has 216 valence electrons. The second-order valence-electron chi connectivity index (χ2n) is 8.71. The first-order chi connectivity index (χ1) is 19.5. The van der Waals surface area contributed by atoms with Crippen LogP contribution in [0, 0.1) is 0 Å². The van der Waals surface area contributed by atoms with E-state index in [9.17, 15) is 34.1 Å². The number of likely N-dealkylation sites (N-methyl/N-ethyl adjacent to an activating group) is 2. The van der Waals surface area contributed by atoms with Gasteiger partial charge >= 0.3 is 12.0 Å². The summed E-state index contributed by atoms with van der Waals surface area (Å²) in [6.07, 6.45) is 4.28. The van der Waals surface area contributed by atoms with Crippen LogP contribution in [-0.2, 0) is 16.0 Å². The third-order valence-corrected chi connectivity index (χ3v) is 6.00. The van der Waals surface area contributed by atoms with Crippen molar-refractivity contribution in [1.82, 2.24) is 15.5 Å². The Bertz CT molecular complexity index is 1390. The van der Waals surface area contributed by atoms with Crippen LogP contribution in [0.5, 0.6) is 11.5 Å². The fourth-order valence-corrected chi connectivity index (χ4v) is 3.81. The minimum atomic E-state index is -1.36. The first-order valence-corrected chi connectivity index (χ1v) is 12.1. The second kappa shape index (κ2) is 14.8. The molecule has 0 bridgehead atoms. The number of allylic oxidation sites excluding steroid dienone is 2. The Hall–Kier alpha value is -5.19. The highest BCUT2D eigenvalue weighted by atomic mass is 19.1. The molecule has 12 heteroatoms. The van der Waals surface area contributed by atoms with Crippen LogP contribution in [0.1, 0.15) is 15.9 Å². The molecule has 1 unspecified atom stereocenters. The van der Waals surface area contributed by atoms with Gasteiger partial charge in [0.2, 0.25) is 0 Å².